The summed E-state index contributed by atoms with van der Waals surface area (Å²) in [5, 5.41) is 28.8. The highest BCUT2D eigenvalue weighted by atomic mass is 79.9. The van der Waals surface area contributed by atoms with Crippen LogP contribution in [0.4, 0.5) is 5.69 Å². The molecule has 1 saturated heterocycles. The van der Waals surface area contributed by atoms with E-state index in [1.54, 1.807) is 24.3 Å². The Labute approximate surface area is 187 Å². The van der Waals surface area contributed by atoms with Gasteiger partial charge in [0.25, 0.3) is 5.69 Å². The van der Waals surface area contributed by atoms with Gasteiger partial charge in [-0.3, -0.25) is 20.3 Å². The molecule has 4 rings (SSSR count). The summed E-state index contributed by atoms with van der Waals surface area (Å²) < 4.78 is 6.35. The molecule has 1 atom stereocenters. The molecule has 1 aliphatic rings. The third kappa shape index (κ3) is 3.87. The zero-order chi connectivity index (χ0) is 21.4. The predicted molar refractivity (Wildman–Crippen MR) is 119 cm³/mol. The van der Waals surface area contributed by atoms with Gasteiger partial charge in [-0.25, -0.2) is 0 Å². The highest BCUT2D eigenvalue weighted by Crippen LogP contribution is 2.42. The van der Waals surface area contributed by atoms with Gasteiger partial charge in [-0.05, 0) is 46.6 Å². The number of halogens is 1. The molecule has 8 nitrogen and oxygen atoms in total. The lowest BCUT2D eigenvalue weighted by Crippen LogP contribution is -2.11. The van der Waals surface area contributed by atoms with Gasteiger partial charge in [-0.2, -0.15) is 0 Å². The summed E-state index contributed by atoms with van der Waals surface area (Å²) in [6, 6.07) is 7.84. The average molecular weight is 505 g/mol. The molecule has 1 N–H and O–H groups in total. The summed E-state index contributed by atoms with van der Waals surface area (Å²) in [6.07, 6.45) is 2.33. The van der Waals surface area contributed by atoms with E-state index in [2.05, 4.69) is 26.1 Å². The van der Waals surface area contributed by atoms with E-state index in [1.165, 1.54) is 23.5 Å². The van der Waals surface area contributed by atoms with Gasteiger partial charge in [0.2, 0.25) is 0 Å². The van der Waals surface area contributed by atoms with Crippen LogP contribution in [0.15, 0.2) is 44.1 Å². The summed E-state index contributed by atoms with van der Waals surface area (Å²) >= 11 is 5.77. The van der Waals surface area contributed by atoms with Crippen LogP contribution < -0.4 is 0 Å². The Morgan fingerprint density at radius 3 is 2.80 bits per heavy atom. The van der Waals surface area contributed by atoms with Crippen LogP contribution in [0.25, 0.3) is 17.4 Å². The molecule has 0 saturated carbocycles. The highest BCUT2D eigenvalue weighted by molar-refractivity contribution is 9.10. The van der Waals surface area contributed by atoms with Gasteiger partial charge in [0.15, 0.2) is 5.78 Å². The lowest BCUT2D eigenvalue weighted by atomic mass is 10.1. The van der Waals surface area contributed by atoms with Crippen molar-refractivity contribution in [1.82, 2.24) is 10.2 Å². The maximum absolute atomic E-state index is 12.8. The Morgan fingerprint density at radius 1 is 1.33 bits per heavy atom. The molecule has 0 bridgehead atoms. The number of aromatic nitrogens is 2. The number of carbonyl (C=O) groups excluding carboxylic acids is 1. The molecule has 1 aromatic carbocycles. The number of rotatable bonds is 5. The van der Waals surface area contributed by atoms with Crippen LogP contribution in [-0.2, 0) is 11.2 Å². The number of nitro benzene ring substituents is 1. The van der Waals surface area contributed by atoms with E-state index in [9.17, 15) is 14.9 Å². The average Bonchev–Trinajstić information content (AvgIpc) is 3.42. The minimum Gasteiger partial charge on any atom is -0.457 e. The topological polar surface area (TPSA) is 123 Å². The van der Waals surface area contributed by atoms with Crippen molar-refractivity contribution in [2.45, 2.75) is 19.3 Å². The Hall–Kier alpha value is -2.63. The van der Waals surface area contributed by atoms with Gasteiger partial charge in [0.1, 0.15) is 27.5 Å². The molecular weight excluding hydrogens is 492 g/mol. The van der Waals surface area contributed by atoms with Gasteiger partial charge in [-0.1, -0.05) is 18.7 Å². The molecule has 0 aliphatic carbocycles. The number of nitro groups is 1. The molecule has 0 amide bonds. The summed E-state index contributed by atoms with van der Waals surface area (Å²) in [6.45, 7) is 1.96. The number of allylic oxidation sites excluding steroid dienone is 1. The molecule has 2 aromatic heterocycles. The standard InChI is InChI=1S/C19H13BrN4O4S2/c1-2-15-22-23-19(30-15)16-17(25)14(29-18(16)21)8-10-4-6-13(28-10)11-5-3-9(24(26)27)7-12(11)20/h3-8,16,21H,2H2,1H3/b14-8-,21-18?/t16-/m1/s1. The van der Waals surface area contributed by atoms with E-state index in [0.717, 1.165) is 23.2 Å². The van der Waals surface area contributed by atoms with Gasteiger partial charge in [0, 0.05) is 22.2 Å². The maximum Gasteiger partial charge on any atom is 0.270 e. The predicted octanol–water partition coefficient (Wildman–Crippen LogP) is 5.45. The summed E-state index contributed by atoms with van der Waals surface area (Å²) in [7, 11) is 0. The van der Waals surface area contributed by atoms with Crippen molar-refractivity contribution in [3.8, 4) is 11.3 Å². The Morgan fingerprint density at radius 2 is 2.13 bits per heavy atom. The molecular formula is C19H13BrN4O4S2. The molecule has 1 aliphatic heterocycles. The Kier molecular flexibility index (Phi) is 5.67. The van der Waals surface area contributed by atoms with Crippen LogP contribution in [0.2, 0.25) is 0 Å². The van der Waals surface area contributed by atoms with E-state index < -0.39 is 10.8 Å². The number of aryl methyl sites for hydroxylation is 1. The van der Waals surface area contributed by atoms with Crippen LogP contribution in [0.1, 0.15) is 28.6 Å². The summed E-state index contributed by atoms with van der Waals surface area (Å²) in [5.41, 5.74) is 0.627. The molecule has 30 heavy (non-hydrogen) atoms. The van der Waals surface area contributed by atoms with Crippen molar-refractivity contribution >= 4 is 61.6 Å². The first-order valence-electron chi connectivity index (χ1n) is 8.76. The fourth-order valence-electron chi connectivity index (χ4n) is 2.86. The molecule has 0 spiro atoms. The van der Waals surface area contributed by atoms with Crippen molar-refractivity contribution in [2.75, 3.05) is 0 Å². The largest absolute Gasteiger partial charge is 0.457 e. The van der Waals surface area contributed by atoms with E-state index in [1.807, 2.05) is 6.92 Å². The first-order valence-corrected chi connectivity index (χ1v) is 11.2. The van der Waals surface area contributed by atoms with Crippen LogP contribution >= 0.6 is 39.0 Å². The molecule has 11 heteroatoms. The summed E-state index contributed by atoms with van der Waals surface area (Å²) in [5.74, 6) is 0.0454. The molecule has 1 fully saturated rings. The summed E-state index contributed by atoms with van der Waals surface area (Å²) in [4.78, 5) is 23.7. The normalized spacial score (nSPS) is 17.8. The zero-order valence-electron chi connectivity index (χ0n) is 15.4. The van der Waals surface area contributed by atoms with Gasteiger partial charge in [0.05, 0.1) is 14.9 Å². The minimum atomic E-state index is -0.711. The van der Waals surface area contributed by atoms with E-state index in [-0.39, 0.29) is 16.5 Å². The number of benzene rings is 1. The lowest BCUT2D eigenvalue weighted by Gasteiger charge is -2.01. The number of Topliss-reactive ketones (excluding diaryl/α,β-unsaturated/α-hetero) is 1. The SMILES string of the molecule is CCc1nnc([C@H]2C(=N)S/C(=C\c3ccc(-c4ccc([N+](=O)[O-])cc4Br)o3)C2=O)s1. The van der Waals surface area contributed by atoms with Crippen molar-refractivity contribution in [3.63, 3.8) is 0 Å². The van der Waals surface area contributed by atoms with Gasteiger partial charge < -0.3 is 4.42 Å². The zero-order valence-corrected chi connectivity index (χ0v) is 18.6. The number of furan rings is 1. The second kappa shape index (κ2) is 8.25. The molecule has 3 aromatic rings. The second-order valence-electron chi connectivity index (χ2n) is 6.28. The Bertz CT molecular complexity index is 1220. The third-order valence-electron chi connectivity index (χ3n) is 4.35. The highest BCUT2D eigenvalue weighted by Gasteiger charge is 2.39. The third-order valence-corrected chi connectivity index (χ3v) is 7.13. The number of thioether (sulfide) groups is 1. The van der Waals surface area contributed by atoms with E-state index in [4.69, 9.17) is 9.83 Å². The van der Waals surface area contributed by atoms with Crippen LogP contribution in [0.3, 0.4) is 0 Å². The Balaban J connectivity index is 1.59. The first-order chi connectivity index (χ1) is 14.4. The van der Waals surface area contributed by atoms with Crippen LogP contribution in [0.5, 0.6) is 0 Å². The number of nitrogens with zero attached hydrogens (tertiary/aromatic N) is 3. The van der Waals surface area contributed by atoms with Gasteiger partial charge >= 0.3 is 0 Å². The van der Waals surface area contributed by atoms with Crippen LogP contribution in [-0.4, -0.2) is 25.9 Å². The molecule has 0 radical (unpaired) electrons. The fourth-order valence-corrected chi connectivity index (χ4v) is 5.36. The second-order valence-corrected chi connectivity index (χ2v) is 9.31. The van der Waals surface area contributed by atoms with E-state index in [0.29, 0.717) is 31.5 Å². The van der Waals surface area contributed by atoms with Crippen molar-refractivity contribution in [1.29, 1.82) is 5.41 Å². The number of non-ortho nitro benzene ring substituents is 1. The van der Waals surface area contributed by atoms with Crippen molar-refractivity contribution < 1.29 is 14.1 Å². The van der Waals surface area contributed by atoms with Gasteiger partial charge in [-0.15, -0.1) is 21.5 Å². The first kappa shape index (κ1) is 20.6. The minimum absolute atomic E-state index is 0.0278. The molecule has 3 heterocycles. The number of hydrogen-bond donors (Lipinski definition) is 1. The lowest BCUT2D eigenvalue weighted by molar-refractivity contribution is -0.384. The fraction of sp³-hybridized carbons (Fsp3) is 0.158. The number of nitrogens with one attached hydrogen (secondary N) is 1. The number of ketones is 1. The quantitative estimate of drug-likeness (QED) is 0.278. The van der Waals surface area contributed by atoms with Crippen molar-refractivity contribution in [2.24, 2.45) is 0 Å². The maximum atomic E-state index is 12.8. The smallest absolute Gasteiger partial charge is 0.270 e. The van der Waals surface area contributed by atoms with Crippen molar-refractivity contribution in [3.05, 3.63) is 65.6 Å². The number of carbonyl (C=O) groups is 1. The molecule has 0 unspecified atom stereocenters. The molecule has 152 valence electrons. The van der Waals surface area contributed by atoms with E-state index >= 15 is 0 Å². The number of hydrogen-bond acceptors (Lipinski definition) is 9. The monoisotopic (exact) mass is 504 g/mol. The van der Waals surface area contributed by atoms with Crippen LogP contribution in [0, 0.1) is 15.5 Å².